The van der Waals surface area contributed by atoms with Crippen LogP contribution in [0.15, 0.2) is 65.7 Å². The first-order valence-corrected chi connectivity index (χ1v) is 13.7. The molecule has 0 N–H and O–H groups in total. The molecule has 0 spiro atoms. The van der Waals surface area contributed by atoms with Gasteiger partial charge in [0.2, 0.25) is 15.9 Å². The predicted octanol–water partition coefficient (Wildman–Crippen LogP) is 4.36. The minimum Gasteiger partial charge on any atom is -0.497 e. The van der Waals surface area contributed by atoms with Crippen molar-refractivity contribution in [2.24, 2.45) is 0 Å². The number of anilines is 1. The number of hydrogen-bond donors (Lipinski definition) is 0. The molecule has 1 atom stereocenters. The highest BCUT2D eigenvalue weighted by Gasteiger charge is 2.42. The number of methoxy groups -OCH3 is 1. The van der Waals surface area contributed by atoms with Gasteiger partial charge in [0.05, 0.1) is 28.9 Å². The molecule has 0 bridgehead atoms. The fourth-order valence-corrected chi connectivity index (χ4v) is 6.95. The first kappa shape index (κ1) is 25.2. The van der Waals surface area contributed by atoms with Crippen molar-refractivity contribution in [1.29, 1.82) is 0 Å². The fourth-order valence-electron chi connectivity index (χ4n) is 4.29. The molecule has 12 heteroatoms. The van der Waals surface area contributed by atoms with Crippen LogP contribution in [0.2, 0.25) is 0 Å². The number of rotatable bonds is 7. The van der Waals surface area contributed by atoms with Gasteiger partial charge in [0, 0.05) is 18.8 Å². The van der Waals surface area contributed by atoms with E-state index in [9.17, 15) is 22.0 Å². The molecule has 8 nitrogen and oxygen atoms in total. The van der Waals surface area contributed by atoms with E-state index in [1.807, 2.05) is 0 Å². The number of halogens is 2. The number of hydrogen-bond acceptors (Lipinski definition) is 7. The number of sulfonamides is 1. The van der Waals surface area contributed by atoms with Gasteiger partial charge >= 0.3 is 0 Å². The third kappa shape index (κ3) is 4.91. The summed E-state index contributed by atoms with van der Waals surface area (Å²) in [5.74, 6) is -1.60. The summed E-state index contributed by atoms with van der Waals surface area (Å²) in [5, 5.41) is 0.129. The smallest absolute Gasteiger partial charge is 0.247 e. The topological polar surface area (TPSA) is 92.7 Å². The van der Waals surface area contributed by atoms with Gasteiger partial charge in [-0.3, -0.25) is 14.7 Å². The molecule has 5 rings (SSSR count). The van der Waals surface area contributed by atoms with Crippen molar-refractivity contribution in [3.05, 3.63) is 78.1 Å². The number of carbonyl (C=O) groups is 1. The van der Waals surface area contributed by atoms with Gasteiger partial charge in [-0.1, -0.05) is 17.4 Å². The van der Waals surface area contributed by atoms with E-state index in [-0.39, 0.29) is 33.3 Å². The van der Waals surface area contributed by atoms with Crippen molar-refractivity contribution in [2.75, 3.05) is 18.6 Å². The zero-order valence-corrected chi connectivity index (χ0v) is 21.3. The number of pyridine rings is 1. The average Bonchev–Trinajstić information content (AvgIpc) is 3.56. The summed E-state index contributed by atoms with van der Waals surface area (Å²) in [6.07, 6.45) is 2.37. The molecule has 1 saturated heterocycles. The highest BCUT2D eigenvalue weighted by Crippen LogP contribution is 2.35. The van der Waals surface area contributed by atoms with E-state index in [0.717, 1.165) is 23.5 Å². The maximum Gasteiger partial charge on any atom is 0.247 e. The van der Waals surface area contributed by atoms with Crippen LogP contribution < -0.4 is 9.64 Å². The second kappa shape index (κ2) is 10.1. The lowest BCUT2D eigenvalue weighted by molar-refractivity contribution is -0.121. The van der Waals surface area contributed by atoms with Gasteiger partial charge < -0.3 is 4.74 Å². The number of thiazole rings is 1. The lowest BCUT2D eigenvalue weighted by atomic mass is 10.2. The molecule has 2 aromatic heterocycles. The van der Waals surface area contributed by atoms with Crippen LogP contribution in [-0.2, 0) is 21.4 Å². The quantitative estimate of drug-likeness (QED) is 0.343. The molecule has 0 radical (unpaired) electrons. The SMILES string of the molecule is COc1ccc(S(=O)(=O)N2CCCC2C(=O)N(Cc2ccccn2)c2nc3c(F)cc(F)cc3s2)cc1. The predicted molar refractivity (Wildman–Crippen MR) is 135 cm³/mol. The lowest BCUT2D eigenvalue weighted by Gasteiger charge is -2.28. The summed E-state index contributed by atoms with van der Waals surface area (Å²) in [5.41, 5.74) is 0.471. The van der Waals surface area contributed by atoms with E-state index in [1.165, 1.54) is 28.4 Å². The van der Waals surface area contributed by atoms with Crippen molar-refractivity contribution in [2.45, 2.75) is 30.3 Å². The molecule has 3 heterocycles. The van der Waals surface area contributed by atoms with E-state index in [4.69, 9.17) is 4.74 Å². The van der Waals surface area contributed by atoms with Gasteiger partial charge in [0.1, 0.15) is 23.1 Å². The summed E-state index contributed by atoms with van der Waals surface area (Å²) in [4.78, 5) is 23.8. The highest BCUT2D eigenvalue weighted by atomic mass is 32.2. The van der Waals surface area contributed by atoms with Gasteiger partial charge in [-0.25, -0.2) is 22.2 Å². The molecule has 0 aliphatic carbocycles. The normalized spacial score (nSPS) is 16.2. The zero-order chi connectivity index (χ0) is 26.2. The Hall–Kier alpha value is -3.48. The summed E-state index contributed by atoms with van der Waals surface area (Å²) in [6.45, 7) is 0.151. The Kier molecular flexibility index (Phi) is 6.88. The maximum absolute atomic E-state index is 14.4. The first-order chi connectivity index (χ1) is 17.8. The number of aromatic nitrogens is 2. The number of nitrogens with zero attached hydrogens (tertiary/aromatic N) is 4. The monoisotopic (exact) mass is 544 g/mol. The van der Waals surface area contributed by atoms with Gasteiger partial charge in [-0.05, 0) is 55.3 Å². The Bertz CT molecular complexity index is 1550. The van der Waals surface area contributed by atoms with Crippen LogP contribution in [0.1, 0.15) is 18.5 Å². The first-order valence-electron chi connectivity index (χ1n) is 11.4. The molecule has 1 aliphatic rings. The van der Waals surface area contributed by atoms with E-state index >= 15 is 0 Å². The van der Waals surface area contributed by atoms with Gasteiger partial charge in [-0.2, -0.15) is 4.31 Å². The standard InChI is InChI=1S/C25H22F2N4O4S2/c1-35-18-7-9-19(10-8-18)37(33,34)31-12-4-6-21(31)24(32)30(15-17-5-2-3-11-28-17)25-29-23-20(27)13-16(26)14-22(23)36-25/h2-3,5,7-11,13-14,21H,4,6,12,15H2,1H3. The Morgan fingerprint density at radius 1 is 1.19 bits per heavy atom. The molecule has 2 aromatic carbocycles. The van der Waals surface area contributed by atoms with Crippen LogP contribution in [0.25, 0.3) is 10.2 Å². The van der Waals surface area contributed by atoms with Crippen LogP contribution in [-0.4, -0.2) is 48.3 Å². The van der Waals surface area contributed by atoms with Gasteiger partial charge in [-0.15, -0.1) is 0 Å². The molecule has 1 amide bonds. The van der Waals surface area contributed by atoms with Gasteiger partial charge in [0.15, 0.2) is 10.9 Å². The molecular formula is C25H22F2N4O4S2. The van der Waals surface area contributed by atoms with Gasteiger partial charge in [0.25, 0.3) is 0 Å². The third-order valence-corrected chi connectivity index (χ3v) is 9.05. The molecule has 192 valence electrons. The average molecular weight is 545 g/mol. The summed E-state index contributed by atoms with van der Waals surface area (Å²) >= 11 is 0.954. The van der Waals surface area contributed by atoms with Crippen LogP contribution >= 0.6 is 11.3 Å². The van der Waals surface area contributed by atoms with Crippen molar-refractivity contribution >= 4 is 42.6 Å². The Morgan fingerprint density at radius 3 is 2.68 bits per heavy atom. The lowest BCUT2D eigenvalue weighted by Crippen LogP contribution is -2.47. The second-order valence-electron chi connectivity index (χ2n) is 8.43. The van der Waals surface area contributed by atoms with Crippen LogP contribution in [0.4, 0.5) is 13.9 Å². The molecule has 4 aromatic rings. The van der Waals surface area contributed by atoms with Crippen LogP contribution in [0.5, 0.6) is 5.75 Å². The van der Waals surface area contributed by atoms with Crippen molar-refractivity contribution < 1.29 is 26.7 Å². The zero-order valence-electron chi connectivity index (χ0n) is 19.7. The number of ether oxygens (including phenoxy) is 1. The molecule has 1 unspecified atom stereocenters. The molecular weight excluding hydrogens is 522 g/mol. The maximum atomic E-state index is 14.4. The van der Waals surface area contributed by atoms with E-state index in [2.05, 4.69) is 9.97 Å². The fraction of sp³-hybridized carbons (Fsp3) is 0.240. The Balaban J connectivity index is 1.52. The summed E-state index contributed by atoms with van der Waals surface area (Å²) < 4.78 is 61.7. The Morgan fingerprint density at radius 2 is 1.97 bits per heavy atom. The summed E-state index contributed by atoms with van der Waals surface area (Å²) in [6, 6.07) is 12.0. The van der Waals surface area contributed by atoms with Crippen LogP contribution in [0.3, 0.4) is 0 Å². The highest BCUT2D eigenvalue weighted by molar-refractivity contribution is 7.89. The number of benzene rings is 2. The molecule has 0 saturated carbocycles. The van der Waals surface area contributed by atoms with Crippen LogP contribution in [0, 0.1) is 11.6 Å². The van der Waals surface area contributed by atoms with E-state index in [0.29, 0.717) is 24.3 Å². The number of amides is 1. The van der Waals surface area contributed by atoms with Crippen molar-refractivity contribution in [1.82, 2.24) is 14.3 Å². The molecule has 37 heavy (non-hydrogen) atoms. The van der Waals surface area contributed by atoms with Crippen molar-refractivity contribution in [3.63, 3.8) is 0 Å². The summed E-state index contributed by atoms with van der Waals surface area (Å²) in [7, 11) is -2.51. The minimum atomic E-state index is -4.00. The van der Waals surface area contributed by atoms with E-state index < -0.39 is 33.6 Å². The minimum absolute atomic E-state index is 0.0173. The van der Waals surface area contributed by atoms with E-state index in [1.54, 1.807) is 36.5 Å². The molecule has 1 fully saturated rings. The Labute approximate surface area is 216 Å². The largest absolute Gasteiger partial charge is 0.497 e. The van der Waals surface area contributed by atoms with Crippen molar-refractivity contribution in [3.8, 4) is 5.75 Å². The molecule has 1 aliphatic heterocycles. The number of carbonyl (C=O) groups excluding carboxylic acids is 1. The third-order valence-electron chi connectivity index (χ3n) is 6.10. The second-order valence-corrected chi connectivity index (χ2v) is 11.3. The number of fused-ring (bicyclic) bond motifs is 1.